The summed E-state index contributed by atoms with van der Waals surface area (Å²) in [6.07, 6.45) is 1.94. The van der Waals surface area contributed by atoms with Crippen LogP contribution in [0.4, 0.5) is 8.78 Å². The predicted octanol–water partition coefficient (Wildman–Crippen LogP) is -1.38. The molecule has 2 fully saturated rings. The molecule has 0 amide bonds. The van der Waals surface area contributed by atoms with E-state index in [-0.39, 0.29) is 55.2 Å². The molecule has 0 aromatic rings. The summed E-state index contributed by atoms with van der Waals surface area (Å²) < 4.78 is 34.3. The number of carbonyl (C=O) groups is 1. The fraction of sp³-hybridized carbons (Fsp3) is 0.750. The van der Waals surface area contributed by atoms with Gasteiger partial charge in [0, 0.05) is 24.2 Å². The van der Waals surface area contributed by atoms with Gasteiger partial charge in [0.1, 0.15) is 24.6 Å². The predicted molar refractivity (Wildman–Crippen MR) is 94.1 cm³/mol. The Hall–Kier alpha value is -0.310. The van der Waals surface area contributed by atoms with Crippen molar-refractivity contribution in [2.24, 2.45) is 11.8 Å². The van der Waals surface area contributed by atoms with Gasteiger partial charge in [0.2, 0.25) is 0 Å². The summed E-state index contributed by atoms with van der Waals surface area (Å²) in [5, 5.41) is 30.5. The number of fused-ring (bicyclic) bond motifs is 1. The number of allylic oxidation sites excluding steroid dienone is 1. The fourth-order valence-corrected chi connectivity index (χ4v) is 3.89. The zero-order chi connectivity index (χ0) is 20.0. The second-order valence-corrected chi connectivity index (χ2v) is 7.41. The van der Waals surface area contributed by atoms with Gasteiger partial charge in [-0.2, -0.15) is 0 Å². The number of carboxylic acids is 1. The van der Waals surface area contributed by atoms with Crippen LogP contribution in [0.1, 0.15) is 45.4 Å². The molecule has 2 rings (SSSR count). The number of aliphatic carboxylic acids is 1. The number of aliphatic hydroxyl groups is 2. The number of unbranched alkanes of at least 4 members (excludes halogenated alkanes) is 1. The number of ether oxygens (including phenoxy) is 1. The summed E-state index contributed by atoms with van der Waals surface area (Å²) in [6, 6.07) is 0. The summed E-state index contributed by atoms with van der Waals surface area (Å²) in [4.78, 5) is 10.4. The second-order valence-electron chi connectivity index (χ2n) is 7.41. The van der Waals surface area contributed by atoms with Gasteiger partial charge in [0.25, 0.3) is 0 Å². The SMILES string of the molecule is CCCCC(F)[C@H](O)/C=C/[C@@H]1[C@H]2C(F)[C@@H](/C=C/CCC(=O)[O-])O[C@@H]2C[C@H]1O.[Na+]. The van der Waals surface area contributed by atoms with E-state index in [2.05, 4.69) is 0 Å². The summed E-state index contributed by atoms with van der Waals surface area (Å²) in [7, 11) is 0. The number of rotatable bonds is 10. The van der Waals surface area contributed by atoms with Crippen molar-refractivity contribution >= 4 is 5.97 Å². The molecule has 1 saturated carbocycles. The van der Waals surface area contributed by atoms with Crippen molar-refractivity contribution in [3.63, 3.8) is 0 Å². The molecule has 1 aliphatic carbocycles. The normalized spacial score (nSPS) is 34.5. The van der Waals surface area contributed by atoms with Gasteiger partial charge in [-0.15, -0.1) is 0 Å². The zero-order valence-electron chi connectivity index (χ0n) is 16.5. The second kappa shape index (κ2) is 12.4. The van der Waals surface area contributed by atoms with Crippen molar-refractivity contribution < 1.29 is 63.2 Å². The van der Waals surface area contributed by atoms with Gasteiger partial charge in [-0.05, 0) is 19.3 Å². The quantitative estimate of drug-likeness (QED) is 0.343. The van der Waals surface area contributed by atoms with Crippen LogP contribution >= 0.6 is 0 Å². The number of hydrogen-bond donors (Lipinski definition) is 2. The van der Waals surface area contributed by atoms with E-state index in [4.69, 9.17) is 4.74 Å². The Morgan fingerprint density at radius 2 is 2.11 bits per heavy atom. The summed E-state index contributed by atoms with van der Waals surface area (Å²) in [6.45, 7) is 1.94. The Bertz CT molecular complexity index is 545. The first-order valence-corrected chi connectivity index (χ1v) is 9.69. The standard InChI is InChI=1S/C20H30F2O5.Na/c1-2-3-6-13(21)14(23)10-9-12-15(24)11-17-19(12)20(22)16(27-17)7-4-5-8-18(25)26;/h4,7,9-10,12-17,19-20,23-24H,2-3,5-6,8,11H2,1H3,(H,25,26);/q;+1/p-1/b7-4+,10-9+;/t12-,13?,14+,15+,16+,17+,19+,20?;/m0./s1. The molecular weight excluding hydrogens is 381 g/mol. The van der Waals surface area contributed by atoms with Gasteiger partial charge in [-0.1, -0.05) is 44.1 Å². The molecule has 0 bridgehead atoms. The number of carbonyl (C=O) groups excluding carboxylic acids is 1. The summed E-state index contributed by atoms with van der Waals surface area (Å²) in [5.41, 5.74) is 0. The minimum absolute atomic E-state index is 0. The number of hydrogen-bond acceptors (Lipinski definition) is 5. The molecule has 2 N–H and O–H groups in total. The molecule has 154 valence electrons. The molecule has 8 heteroatoms. The molecule has 0 aromatic carbocycles. The van der Waals surface area contributed by atoms with Crippen LogP contribution in [0, 0.1) is 11.8 Å². The van der Waals surface area contributed by atoms with Crippen molar-refractivity contribution in [3.05, 3.63) is 24.3 Å². The van der Waals surface area contributed by atoms with E-state index in [0.717, 1.165) is 6.42 Å². The minimum atomic E-state index is -1.38. The van der Waals surface area contributed by atoms with E-state index in [0.29, 0.717) is 6.42 Å². The number of alkyl halides is 2. The number of halogens is 2. The van der Waals surface area contributed by atoms with Gasteiger partial charge in [0.05, 0.1) is 12.2 Å². The molecule has 28 heavy (non-hydrogen) atoms. The van der Waals surface area contributed by atoms with E-state index in [9.17, 15) is 28.9 Å². The molecule has 0 radical (unpaired) electrons. The van der Waals surface area contributed by atoms with Gasteiger partial charge < -0.3 is 24.9 Å². The van der Waals surface area contributed by atoms with E-state index in [1.807, 2.05) is 6.92 Å². The van der Waals surface area contributed by atoms with E-state index in [1.165, 1.54) is 18.2 Å². The molecule has 2 aliphatic rings. The average molecular weight is 410 g/mol. The molecule has 1 saturated heterocycles. The zero-order valence-corrected chi connectivity index (χ0v) is 18.5. The van der Waals surface area contributed by atoms with Crippen LogP contribution < -0.4 is 34.7 Å². The van der Waals surface area contributed by atoms with Crippen molar-refractivity contribution in [2.45, 2.75) is 82.2 Å². The van der Waals surface area contributed by atoms with Crippen molar-refractivity contribution in [2.75, 3.05) is 0 Å². The molecule has 1 aliphatic heterocycles. The molecule has 1 heterocycles. The maximum atomic E-state index is 14.8. The van der Waals surface area contributed by atoms with Crippen molar-refractivity contribution in [1.82, 2.24) is 0 Å². The maximum Gasteiger partial charge on any atom is 1.00 e. The van der Waals surface area contributed by atoms with E-state index in [1.54, 1.807) is 6.08 Å². The van der Waals surface area contributed by atoms with Crippen LogP contribution in [0.15, 0.2) is 24.3 Å². The van der Waals surface area contributed by atoms with Crippen molar-refractivity contribution in [3.8, 4) is 0 Å². The first-order chi connectivity index (χ1) is 12.8. The average Bonchev–Trinajstić information content (AvgIpc) is 3.09. The third kappa shape index (κ3) is 6.89. The van der Waals surface area contributed by atoms with Gasteiger partial charge in [0.15, 0.2) is 0 Å². The Morgan fingerprint density at radius 3 is 2.75 bits per heavy atom. The molecule has 0 spiro atoms. The maximum absolute atomic E-state index is 14.8. The topological polar surface area (TPSA) is 89.8 Å². The van der Waals surface area contributed by atoms with Crippen LogP contribution in [0.2, 0.25) is 0 Å². The number of carboxylic acid groups (broad SMARTS) is 1. The first-order valence-electron chi connectivity index (χ1n) is 9.69. The summed E-state index contributed by atoms with van der Waals surface area (Å²) in [5.74, 6) is -2.30. The van der Waals surface area contributed by atoms with E-state index >= 15 is 0 Å². The Kier molecular flexibility index (Phi) is 11.4. The van der Waals surface area contributed by atoms with Gasteiger partial charge in [-0.3, -0.25) is 0 Å². The van der Waals surface area contributed by atoms with Crippen LogP contribution in [0.25, 0.3) is 0 Å². The molecule has 2 unspecified atom stereocenters. The third-order valence-electron chi connectivity index (χ3n) is 5.38. The van der Waals surface area contributed by atoms with E-state index < -0.39 is 54.6 Å². The fourth-order valence-electron chi connectivity index (χ4n) is 3.89. The third-order valence-corrected chi connectivity index (χ3v) is 5.38. The monoisotopic (exact) mass is 410 g/mol. The minimum Gasteiger partial charge on any atom is -0.550 e. The molecule has 5 nitrogen and oxygen atoms in total. The van der Waals surface area contributed by atoms with Crippen LogP contribution in [0.3, 0.4) is 0 Å². The smallest absolute Gasteiger partial charge is 0.550 e. The van der Waals surface area contributed by atoms with Crippen LogP contribution in [-0.2, 0) is 9.53 Å². The Labute approximate surface area is 187 Å². The molecule has 8 atom stereocenters. The largest absolute Gasteiger partial charge is 1.00 e. The summed E-state index contributed by atoms with van der Waals surface area (Å²) >= 11 is 0. The Balaban J connectivity index is 0.00000392. The Morgan fingerprint density at radius 1 is 1.39 bits per heavy atom. The van der Waals surface area contributed by atoms with Crippen molar-refractivity contribution in [1.29, 1.82) is 0 Å². The molecule has 0 aromatic heterocycles. The van der Waals surface area contributed by atoms with Gasteiger partial charge >= 0.3 is 29.6 Å². The van der Waals surface area contributed by atoms with Crippen LogP contribution in [-0.4, -0.2) is 52.9 Å². The molecular formula is C20H29F2NaO5. The number of aliphatic hydroxyl groups excluding tert-OH is 2. The van der Waals surface area contributed by atoms with Crippen LogP contribution in [0.5, 0.6) is 0 Å². The van der Waals surface area contributed by atoms with Gasteiger partial charge in [-0.25, -0.2) is 8.78 Å². The first kappa shape index (κ1) is 25.7.